The molecule has 0 unspecified atom stereocenters. The quantitative estimate of drug-likeness (QED) is 0.471. The lowest BCUT2D eigenvalue weighted by atomic mass is 10.3. The highest BCUT2D eigenvalue weighted by Crippen LogP contribution is 2.22. The lowest BCUT2D eigenvalue weighted by Crippen LogP contribution is -2.30. The van der Waals surface area contributed by atoms with E-state index in [1.807, 2.05) is 0 Å². The first-order chi connectivity index (χ1) is 12.6. The number of halogens is 2. The standard InChI is InChI=1S/C15H14F2NO7S2/c1-24-11-5-7-12(8-6-11)27(22,23)25-10-9-18(19)26(20,21)15-13(16)3-2-4-14(15)17/h2-8H,9-10H2,1H3/q-1. The van der Waals surface area contributed by atoms with Crippen molar-refractivity contribution < 1.29 is 34.5 Å². The van der Waals surface area contributed by atoms with Crippen molar-refractivity contribution in [3.8, 4) is 5.75 Å². The van der Waals surface area contributed by atoms with Gasteiger partial charge in [0.2, 0.25) is 10.0 Å². The van der Waals surface area contributed by atoms with E-state index in [-0.39, 0.29) is 4.90 Å². The SMILES string of the molecule is COc1ccc(S(=O)(=O)OCCN([O-])S(=O)(=O)c2c(F)cccc2F)cc1. The van der Waals surface area contributed by atoms with Crippen molar-refractivity contribution in [2.24, 2.45) is 0 Å². The van der Waals surface area contributed by atoms with E-state index in [1.54, 1.807) is 0 Å². The maximum atomic E-state index is 13.6. The summed E-state index contributed by atoms with van der Waals surface area (Å²) >= 11 is 0. The summed E-state index contributed by atoms with van der Waals surface area (Å²) in [6.07, 6.45) is 0. The highest BCUT2D eigenvalue weighted by atomic mass is 32.2. The third kappa shape index (κ3) is 4.78. The summed E-state index contributed by atoms with van der Waals surface area (Å²) in [4.78, 5) is -1.67. The van der Waals surface area contributed by atoms with Gasteiger partial charge in [-0.2, -0.15) is 8.42 Å². The minimum Gasteiger partial charge on any atom is -0.772 e. The first-order valence-corrected chi connectivity index (χ1v) is 10.1. The van der Waals surface area contributed by atoms with Gasteiger partial charge in [-0.3, -0.25) is 8.65 Å². The minimum absolute atomic E-state index is 0.247. The Balaban J connectivity index is 2.07. The Labute approximate surface area is 154 Å². The topological polar surface area (TPSA) is 113 Å². The van der Waals surface area contributed by atoms with E-state index in [0.29, 0.717) is 17.9 Å². The van der Waals surface area contributed by atoms with Gasteiger partial charge in [0.05, 0.1) is 18.6 Å². The van der Waals surface area contributed by atoms with E-state index in [4.69, 9.17) is 4.74 Å². The summed E-state index contributed by atoms with van der Waals surface area (Å²) in [5.41, 5.74) is 0. The zero-order valence-electron chi connectivity index (χ0n) is 13.8. The van der Waals surface area contributed by atoms with Crippen LogP contribution < -0.4 is 4.74 Å². The fourth-order valence-corrected chi connectivity index (χ4v) is 4.03. The molecule has 27 heavy (non-hydrogen) atoms. The average molecular weight is 422 g/mol. The molecule has 0 aliphatic carbocycles. The smallest absolute Gasteiger partial charge is 0.297 e. The van der Waals surface area contributed by atoms with Crippen LogP contribution in [-0.2, 0) is 24.3 Å². The molecule has 8 nitrogen and oxygen atoms in total. The van der Waals surface area contributed by atoms with Gasteiger partial charge in [0.15, 0.2) is 4.90 Å². The van der Waals surface area contributed by atoms with Crippen molar-refractivity contribution in [2.75, 3.05) is 20.3 Å². The molecule has 2 aromatic rings. The van der Waals surface area contributed by atoms with Crippen LogP contribution in [0.4, 0.5) is 8.78 Å². The van der Waals surface area contributed by atoms with Gasteiger partial charge < -0.3 is 9.94 Å². The molecule has 0 aliphatic heterocycles. The van der Waals surface area contributed by atoms with Crippen molar-refractivity contribution in [1.82, 2.24) is 4.47 Å². The van der Waals surface area contributed by atoms with Crippen molar-refractivity contribution in [3.63, 3.8) is 0 Å². The van der Waals surface area contributed by atoms with Crippen molar-refractivity contribution in [1.29, 1.82) is 0 Å². The Morgan fingerprint density at radius 3 is 2.07 bits per heavy atom. The summed E-state index contributed by atoms with van der Waals surface area (Å²) in [6.45, 7) is -1.85. The fourth-order valence-electron chi connectivity index (χ4n) is 1.98. The lowest BCUT2D eigenvalue weighted by molar-refractivity contribution is 0.296. The van der Waals surface area contributed by atoms with Crippen LogP contribution in [0.5, 0.6) is 5.75 Å². The number of ether oxygens (including phenoxy) is 1. The van der Waals surface area contributed by atoms with E-state index in [1.165, 1.54) is 31.4 Å². The monoisotopic (exact) mass is 422 g/mol. The average Bonchev–Trinajstić information content (AvgIpc) is 2.61. The molecule has 0 fully saturated rings. The third-order valence-electron chi connectivity index (χ3n) is 3.31. The molecule has 0 saturated heterocycles. The number of methoxy groups -OCH3 is 1. The molecule has 12 heteroatoms. The normalized spacial score (nSPS) is 12.3. The first kappa shape index (κ1) is 21.2. The van der Waals surface area contributed by atoms with Gasteiger partial charge in [-0.05, 0) is 36.4 Å². The zero-order chi connectivity index (χ0) is 20.2. The molecule has 0 radical (unpaired) electrons. The molecule has 2 rings (SSSR count). The third-order valence-corrected chi connectivity index (χ3v) is 6.26. The number of hydrogen-bond acceptors (Lipinski definition) is 7. The van der Waals surface area contributed by atoms with E-state index >= 15 is 0 Å². The molecule has 0 amide bonds. The van der Waals surface area contributed by atoms with Crippen molar-refractivity contribution in [3.05, 3.63) is 59.3 Å². The predicted molar refractivity (Wildman–Crippen MR) is 89.7 cm³/mol. The van der Waals surface area contributed by atoms with Gasteiger partial charge in [-0.15, -0.1) is 0 Å². The Bertz CT molecular complexity index is 989. The molecule has 0 saturated carbocycles. The van der Waals surface area contributed by atoms with Gasteiger partial charge >= 0.3 is 0 Å². The Morgan fingerprint density at radius 2 is 1.56 bits per heavy atom. The molecular formula is C15H14F2NO7S2-. The molecule has 0 spiro atoms. The highest BCUT2D eigenvalue weighted by Gasteiger charge is 2.26. The predicted octanol–water partition coefficient (Wildman–Crippen LogP) is 1.87. The first-order valence-electron chi connectivity index (χ1n) is 7.27. The second-order valence-corrected chi connectivity index (χ2v) is 8.41. The number of hydroxylamine groups is 1. The van der Waals surface area contributed by atoms with Crippen LogP contribution in [0.2, 0.25) is 0 Å². The molecule has 0 aromatic heterocycles. The molecule has 0 heterocycles. The summed E-state index contributed by atoms with van der Waals surface area (Å²) < 4.78 is 83.9. The van der Waals surface area contributed by atoms with Crippen LogP contribution >= 0.6 is 0 Å². The Kier molecular flexibility index (Phi) is 6.49. The molecule has 0 atom stereocenters. The number of benzene rings is 2. The van der Waals surface area contributed by atoms with Gasteiger partial charge in [0.1, 0.15) is 17.4 Å². The zero-order valence-corrected chi connectivity index (χ0v) is 15.5. The van der Waals surface area contributed by atoms with Gasteiger partial charge in [0, 0.05) is 6.54 Å². The maximum absolute atomic E-state index is 13.6. The summed E-state index contributed by atoms with van der Waals surface area (Å²) in [7, 11) is -7.94. The molecule has 0 N–H and O–H groups in total. The second kappa shape index (κ2) is 8.27. The van der Waals surface area contributed by atoms with E-state index in [9.17, 15) is 30.8 Å². The van der Waals surface area contributed by atoms with Crippen LogP contribution in [0.1, 0.15) is 0 Å². The largest absolute Gasteiger partial charge is 0.772 e. The summed E-state index contributed by atoms with van der Waals surface area (Å²) in [5.74, 6) is -2.48. The van der Waals surface area contributed by atoms with E-state index < -0.39 is 54.3 Å². The number of nitrogens with zero attached hydrogens (tertiary/aromatic N) is 1. The summed E-state index contributed by atoms with van der Waals surface area (Å²) in [6, 6.07) is 7.39. The molecule has 0 aliphatic rings. The highest BCUT2D eigenvalue weighted by molar-refractivity contribution is 7.89. The summed E-state index contributed by atoms with van der Waals surface area (Å²) in [5, 5.41) is 11.8. The number of sulfonamides is 1. The van der Waals surface area contributed by atoms with Crippen LogP contribution in [0.15, 0.2) is 52.3 Å². The van der Waals surface area contributed by atoms with Crippen LogP contribution in [0, 0.1) is 16.8 Å². The van der Waals surface area contributed by atoms with Gasteiger partial charge in [-0.1, -0.05) is 6.07 Å². The van der Waals surface area contributed by atoms with E-state index in [0.717, 1.165) is 6.07 Å². The van der Waals surface area contributed by atoms with Crippen molar-refractivity contribution >= 4 is 20.1 Å². The Hall–Kier alpha value is -2.12. The van der Waals surface area contributed by atoms with Crippen LogP contribution in [0.3, 0.4) is 0 Å². The number of hydrogen-bond donors (Lipinski definition) is 0. The van der Waals surface area contributed by atoms with Crippen LogP contribution in [0.25, 0.3) is 0 Å². The van der Waals surface area contributed by atoms with Crippen LogP contribution in [-0.4, -0.2) is 41.6 Å². The fraction of sp³-hybridized carbons (Fsp3) is 0.200. The molecular weight excluding hydrogens is 408 g/mol. The molecule has 2 aromatic carbocycles. The molecule has 148 valence electrons. The lowest BCUT2D eigenvalue weighted by Gasteiger charge is -2.27. The van der Waals surface area contributed by atoms with Crippen molar-refractivity contribution in [2.45, 2.75) is 9.79 Å². The van der Waals surface area contributed by atoms with E-state index in [2.05, 4.69) is 4.18 Å². The number of rotatable bonds is 8. The minimum atomic E-state index is -5.06. The Morgan fingerprint density at radius 1 is 1.00 bits per heavy atom. The van der Waals surface area contributed by atoms with Gasteiger partial charge in [-0.25, -0.2) is 17.2 Å². The molecule has 0 bridgehead atoms. The maximum Gasteiger partial charge on any atom is 0.297 e. The second-order valence-electron chi connectivity index (χ2n) is 5.03. The van der Waals surface area contributed by atoms with Gasteiger partial charge in [0.25, 0.3) is 10.1 Å².